The van der Waals surface area contributed by atoms with E-state index in [-0.39, 0.29) is 0 Å². The molecule has 0 bridgehead atoms. The number of hydrogen-bond acceptors (Lipinski definition) is 2. The molecule has 1 N–H and O–H groups in total. The maximum absolute atomic E-state index is 6.11. The second-order valence-electron chi connectivity index (χ2n) is 3.18. The first kappa shape index (κ1) is 12.3. The van der Waals surface area contributed by atoms with Crippen LogP contribution in [0.5, 0.6) is 0 Å². The molecule has 0 fully saturated rings. The van der Waals surface area contributed by atoms with Gasteiger partial charge >= 0.3 is 0 Å². The maximum Gasteiger partial charge on any atom is 0.0991 e. The minimum Gasteiger partial charge on any atom is -0.310 e. The lowest BCUT2D eigenvalue weighted by Crippen LogP contribution is -2.20. The zero-order valence-corrected chi connectivity index (χ0v) is 10.8. The smallest absolute Gasteiger partial charge is 0.0991 e. The van der Waals surface area contributed by atoms with Crippen LogP contribution in [-0.4, -0.2) is 6.54 Å². The van der Waals surface area contributed by atoms with Gasteiger partial charge in [0.05, 0.1) is 8.67 Å². The molecule has 4 heteroatoms. The van der Waals surface area contributed by atoms with Gasteiger partial charge in [0.1, 0.15) is 0 Å². The Balaban J connectivity index is 2.80. The minimum atomic E-state index is 0.348. The molecular weight excluding hydrogens is 237 g/mol. The second kappa shape index (κ2) is 5.96. The molecule has 1 unspecified atom stereocenters. The van der Waals surface area contributed by atoms with E-state index in [1.54, 1.807) is 0 Å². The average Bonchev–Trinajstić information content (AvgIpc) is 2.45. The molecule has 1 aromatic heterocycles. The molecule has 1 atom stereocenters. The van der Waals surface area contributed by atoms with E-state index < -0.39 is 0 Å². The van der Waals surface area contributed by atoms with E-state index in [2.05, 4.69) is 19.2 Å². The molecule has 80 valence electrons. The van der Waals surface area contributed by atoms with Crippen LogP contribution in [0.15, 0.2) is 6.07 Å². The van der Waals surface area contributed by atoms with Crippen LogP contribution in [0.2, 0.25) is 8.67 Å². The molecule has 1 nitrogen and oxygen atoms in total. The summed E-state index contributed by atoms with van der Waals surface area (Å²) in [7, 11) is 0. The van der Waals surface area contributed by atoms with Crippen LogP contribution >= 0.6 is 34.5 Å². The van der Waals surface area contributed by atoms with E-state index in [9.17, 15) is 0 Å². The van der Waals surface area contributed by atoms with Gasteiger partial charge in [-0.1, -0.05) is 43.5 Å². The highest BCUT2D eigenvalue weighted by Gasteiger charge is 2.15. The summed E-state index contributed by atoms with van der Waals surface area (Å²) in [6, 6.07) is 2.32. The molecule has 0 amide bonds. The van der Waals surface area contributed by atoms with Gasteiger partial charge in [0, 0.05) is 11.6 Å². The highest BCUT2D eigenvalue weighted by molar-refractivity contribution is 7.20. The second-order valence-corrected chi connectivity index (χ2v) is 5.46. The van der Waals surface area contributed by atoms with Gasteiger partial charge in [0.2, 0.25) is 0 Å². The van der Waals surface area contributed by atoms with Crippen molar-refractivity contribution in [2.24, 2.45) is 0 Å². The molecule has 1 heterocycles. The van der Waals surface area contributed by atoms with Crippen molar-refractivity contribution in [2.75, 3.05) is 6.54 Å². The molecule has 0 aliphatic rings. The fraction of sp³-hybridized carbons (Fsp3) is 0.600. The van der Waals surface area contributed by atoms with Crippen molar-refractivity contribution in [3.05, 3.63) is 20.3 Å². The summed E-state index contributed by atoms with van der Waals surface area (Å²) < 4.78 is 1.58. The van der Waals surface area contributed by atoms with Crippen LogP contribution in [0.3, 0.4) is 0 Å². The Morgan fingerprint density at radius 2 is 2.14 bits per heavy atom. The molecule has 0 aromatic carbocycles. The highest BCUT2D eigenvalue weighted by Crippen LogP contribution is 2.36. The number of nitrogens with one attached hydrogen (secondary N) is 1. The summed E-state index contributed by atoms with van der Waals surface area (Å²) in [5.74, 6) is 0. The lowest BCUT2D eigenvalue weighted by molar-refractivity contribution is 0.511. The lowest BCUT2D eigenvalue weighted by atomic mass is 10.1. The molecule has 1 aromatic rings. The molecule has 0 saturated carbocycles. The molecule has 0 spiro atoms. The predicted molar refractivity (Wildman–Crippen MR) is 65.7 cm³/mol. The standard InChI is InChI=1S/C10H15Cl2NS/c1-3-5-8(13-4-2)7-6-9(11)14-10(7)12/h6,8,13H,3-5H2,1-2H3. The van der Waals surface area contributed by atoms with Crippen LogP contribution in [0.4, 0.5) is 0 Å². The summed E-state index contributed by atoms with van der Waals surface area (Å²) >= 11 is 13.5. The number of thiophene rings is 1. The summed E-state index contributed by atoms with van der Waals surface area (Å²) in [6.45, 7) is 5.23. The van der Waals surface area contributed by atoms with Gasteiger partial charge in [-0.3, -0.25) is 0 Å². The van der Waals surface area contributed by atoms with Gasteiger partial charge in [-0.2, -0.15) is 0 Å². The van der Waals surface area contributed by atoms with E-state index in [4.69, 9.17) is 23.2 Å². The number of rotatable bonds is 5. The van der Waals surface area contributed by atoms with Crippen molar-refractivity contribution in [3.63, 3.8) is 0 Å². The van der Waals surface area contributed by atoms with Gasteiger partial charge in [0.15, 0.2) is 0 Å². The highest BCUT2D eigenvalue weighted by atomic mass is 35.5. The Hall–Kier alpha value is 0.240. The first-order valence-corrected chi connectivity index (χ1v) is 6.44. The van der Waals surface area contributed by atoms with E-state index in [0.29, 0.717) is 6.04 Å². The Bertz CT molecular complexity index is 280. The van der Waals surface area contributed by atoms with Crippen molar-refractivity contribution in [1.29, 1.82) is 0 Å². The first-order chi connectivity index (χ1) is 6.69. The van der Waals surface area contributed by atoms with Crippen LogP contribution in [-0.2, 0) is 0 Å². The molecule has 14 heavy (non-hydrogen) atoms. The molecule has 0 radical (unpaired) electrons. The Labute approximate surface area is 99.4 Å². The maximum atomic E-state index is 6.11. The van der Waals surface area contributed by atoms with Gasteiger partial charge < -0.3 is 5.32 Å². The third-order valence-electron chi connectivity index (χ3n) is 2.09. The van der Waals surface area contributed by atoms with Crippen LogP contribution in [0.25, 0.3) is 0 Å². The normalized spacial score (nSPS) is 13.1. The molecule has 0 aliphatic carbocycles. The van der Waals surface area contributed by atoms with Crippen molar-refractivity contribution < 1.29 is 0 Å². The lowest BCUT2D eigenvalue weighted by Gasteiger charge is -2.16. The van der Waals surface area contributed by atoms with Gasteiger partial charge in [0.25, 0.3) is 0 Å². The number of hydrogen-bond donors (Lipinski definition) is 1. The van der Waals surface area contributed by atoms with Crippen molar-refractivity contribution >= 4 is 34.5 Å². The van der Waals surface area contributed by atoms with Crippen LogP contribution in [0, 0.1) is 0 Å². The van der Waals surface area contributed by atoms with E-state index in [1.165, 1.54) is 11.3 Å². The largest absolute Gasteiger partial charge is 0.310 e. The van der Waals surface area contributed by atoms with E-state index in [0.717, 1.165) is 33.6 Å². The molecule has 1 rings (SSSR count). The Morgan fingerprint density at radius 3 is 2.57 bits per heavy atom. The zero-order chi connectivity index (χ0) is 10.6. The minimum absolute atomic E-state index is 0.348. The zero-order valence-electron chi connectivity index (χ0n) is 8.44. The molecule has 0 aliphatic heterocycles. The van der Waals surface area contributed by atoms with Crippen LogP contribution < -0.4 is 5.32 Å². The summed E-state index contributed by atoms with van der Waals surface area (Å²) in [5, 5.41) is 3.42. The third kappa shape index (κ3) is 3.13. The Morgan fingerprint density at radius 1 is 1.43 bits per heavy atom. The molecule has 0 saturated heterocycles. The van der Waals surface area contributed by atoms with E-state index in [1.807, 2.05) is 6.07 Å². The van der Waals surface area contributed by atoms with Gasteiger partial charge in [-0.05, 0) is 19.0 Å². The van der Waals surface area contributed by atoms with E-state index >= 15 is 0 Å². The third-order valence-corrected chi connectivity index (χ3v) is 3.60. The summed E-state index contributed by atoms with van der Waals surface area (Å²) in [4.78, 5) is 0. The van der Waals surface area contributed by atoms with Crippen LogP contribution in [0.1, 0.15) is 38.3 Å². The molecular formula is C10H15Cl2NS. The fourth-order valence-electron chi connectivity index (χ4n) is 1.49. The van der Waals surface area contributed by atoms with Crippen molar-refractivity contribution in [2.45, 2.75) is 32.7 Å². The Kier molecular flexibility index (Phi) is 5.24. The number of halogens is 2. The first-order valence-electron chi connectivity index (χ1n) is 4.87. The van der Waals surface area contributed by atoms with Crippen molar-refractivity contribution in [3.8, 4) is 0 Å². The summed E-state index contributed by atoms with van der Waals surface area (Å²) in [6.07, 6.45) is 2.24. The summed E-state index contributed by atoms with van der Waals surface area (Å²) in [5.41, 5.74) is 1.14. The predicted octanol–water partition coefficient (Wildman–Crippen LogP) is 4.51. The van der Waals surface area contributed by atoms with Crippen molar-refractivity contribution in [1.82, 2.24) is 5.32 Å². The monoisotopic (exact) mass is 251 g/mol. The average molecular weight is 252 g/mol. The topological polar surface area (TPSA) is 12.0 Å². The quantitative estimate of drug-likeness (QED) is 0.813. The van der Waals surface area contributed by atoms with Gasteiger partial charge in [-0.25, -0.2) is 0 Å². The fourth-order valence-corrected chi connectivity index (χ4v) is 3.07. The van der Waals surface area contributed by atoms with Gasteiger partial charge in [-0.15, -0.1) is 11.3 Å². The SMILES string of the molecule is CCCC(NCC)c1cc(Cl)sc1Cl.